The predicted molar refractivity (Wildman–Crippen MR) is 44.9 cm³/mol. The second-order valence-electron chi connectivity index (χ2n) is 3.11. The SMILES string of the molecule is CN(C)C1CCN(C(=O)Cl)C1. The van der Waals surface area contributed by atoms with Gasteiger partial charge in [0.1, 0.15) is 0 Å². The van der Waals surface area contributed by atoms with Crippen LogP contribution in [0.1, 0.15) is 6.42 Å². The minimum Gasteiger partial charge on any atom is -0.328 e. The molecule has 1 aliphatic rings. The van der Waals surface area contributed by atoms with Crippen LogP contribution in [0, 0.1) is 0 Å². The molecule has 1 saturated heterocycles. The Morgan fingerprint density at radius 2 is 2.27 bits per heavy atom. The van der Waals surface area contributed by atoms with Gasteiger partial charge in [0.15, 0.2) is 0 Å². The van der Waals surface area contributed by atoms with Gasteiger partial charge >= 0.3 is 5.37 Å². The van der Waals surface area contributed by atoms with Crippen LogP contribution < -0.4 is 0 Å². The highest BCUT2D eigenvalue weighted by atomic mass is 35.5. The summed E-state index contributed by atoms with van der Waals surface area (Å²) >= 11 is 5.32. The zero-order chi connectivity index (χ0) is 8.43. The molecule has 1 unspecified atom stereocenters. The van der Waals surface area contributed by atoms with Crippen LogP contribution in [-0.4, -0.2) is 48.4 Å². The Morgan fingerprint density at radius 3 is 2.55 bits per heavy atom. The van der Waals surface area contributed by atoms with Crippen molar-refractivity contribution in [3.05, 3.63) is 0 Å². The number of hydrogen-bond donors (Lipinski definition) is 0. The first-order valence-corrected chi connectivity index (χ1v) is 4.10. The van der Waals surface area contributed by atoms with E-state index in [0.29, 0.717) is 6.04 Å². The van der Waals surface area contributed by atoms with E-state index in [2.05, 4.69) is 4.90 Å². The fourth-order valence-electron chi connectivity index (χ4n) is 1.32. The average molecular weight is 177 g/mol. The van der Waals surface area contributed by atoms with E-state index in [4.69, 9.17) is 11.6 Å². The lowest BCUT2D eigenvalue weighted by atomic mass is 10.2. The summed E-state index contributed by atoms with van der Waals surface area (Å²) in [6.07, 6.45) is 1.03. The molecule has 0 aromatic heterocycles. The van der Waals surface area contributed by atoms with Gasteiger partial charge in [-0.2, -0.15) is 0 Å². The Bertz CT molecular complexity index is 161. The first-order chi connectivity index (χ1) is 5.11. The number of halogens is 1. The third-order valence-corrected chi connectivity index (χ3v) is 2.38. The number of nitrogens with zero attached hydrogens (tertiary/aromatic N) is 2. The molecule has 11 heavy (non-hydrogen) atoms. The standard InChI is InChI=1S/C7H13ClN2O/c1-9(2)6-3-4-10(5-6)7(8)11/h6H,3-5H2,1-2H3. The molecule has 0 spiro atoms. The summed E-state index contributed by atoms with van der Waals surface area (Å²) in [5.41, 5.74) is 0. The second-order valence-corrected chi connectivity index (χ2v) is 3.43. The number of carbonyl (C=O) groups excluding carboxylic acids is 1. The molecule has 64 valence electrons. The van der Waals surface area contributed by atoms with Crippen molar-refractivity contribution in [2.24, 2.45) is 0 Å². The number of rotatable bonds is 1. The molecule has 0 aromatic rings. The first kappa shape index (κ1) is 8.81. The molecule has 1 rings (SSSR count). The maximum atomic E-state index is 10.7. The molecule has 1 heterocycles. The molecular formula is C7H13ClN2O. The molecule has 3 nitrogen and oxygen atoms in total. The van der Waals surface area contributed by atoms with Crippen LogP contribution in [0.3, 0.4) is 0 Å². The van der Waals surface area contributed by atoms with Gasteiger partial charge in [0, 0.05) is 19.1 Å². The summed E-state index contributed by atoms with van der Waals surface area (Å²) in [6, 6.07) is 0.484. The minimum absolute atomic E-state index is 0.325. The molecule has 0 saturated carbocycles. The first-order valence-electron chi connectivity index (χ1n) is 3.72. The topological polar surface area (TPSA) is 23.6 Å². The van der Waals surface area contributed by atoms with Crippen molar-refractivity contribution >= 4 is 17.0 Å². The number of hydrogen-bond acceptors (Lipinski definition) is 2. The molecule has 1 atom stereocenters. The highest BCUT2D eigenvalue weighted by Crippen LogP contribution is 2.14. The van der Waals surface area contributed by atoms with E-state index in [9.17, 15) is 4.79 Å². The maximum Gasteiger partial charge on any atom is 0.316 e. The van der Waals surface area contributed by atoms with Crippen molar-refractivity contribution in [3.63, 3.8) is 0 Å². The monoisotopic (exact) mass is 176 g/mol. The summed E-state index contributed by atoms with van der Waals surface area (Å²) in [4.78, 5) is 14.5. The third-order valence-electron chi connectivity index (χ3n) is 2.14. The van der Waals surface area contributed by atoms with Gasteiger partial charge < -0.3 is 9.80 Å². The van der Waals surface area contributed by atoms with E-state index in [-0.39, 0.29) is 5.37 Å². The van der Waals surface area contributed by atoms with Gasteiger partial charge in [-0.3, -0.25) is 4.79 Å². The molecule has 4 heteroatoms. The van der Waals surface area contributed by atoms with Gasteiger partial charge in [-0.1, -0.05) is 0 Å². The van der Waals surface area contributed by atoms with Crippen molar-refractivity contribution in [1.29, 1.82) is 0 Å². The largest absolute Gasteiger partial charge is 0.328 e. The lowest BCUT2D eigenvalue weighted by Crippen LogP contribution is -2.32. The molecule has 0 N–H and O–H groups in total. The van der Waals surface area contributed by atoms with Crippen LogP contribution in [0.25, 0.3) is 0 Å². The quantitative estimate of drug-likeness (QED) is 0.439. The van der Waals surface area contributed by atoms with Crippen LogP contribution in [0.4, 0.5) is 4.79 Å². The second kappa shape index (κ2) is 3.41. The zero-order valence-electron chi connectivity index (χ0n) is 6.88. The maximum absolute atomic E-state index is 10.7. The van der Waals surface area contributed by atoms with Crippen molar-refractivity contribution < 1.29 is 4.79 Å². The van der Waals surface area contributed by atoms with E-state index >= 15 is 0 Å². The fourth-order valence-corrected chi connectivity index (χ4v) is 1.48. The smallest absolute Gasteiger partial charge is 0.316 e. The molecule has 1 amide bonds. The number of likely N-dealkylation sites (N-methyl/N-ethyl adjacent to an activating group) is 1. The van der Waals surface area contributed by atoms with Crippen LogP contribution in [-0.2, 0) is 0 Å². The Labute approximate surface area is 71.9 Å². The van der Waals surface area contributed by atoms with Crippen molar-refractivity contribution in [1.82, 2.24) is 9.80 Å². The highest BCUT2D eigenvalue weighted by molar-refractivity contribution is 6.62. The van der Waals surface area contributed by atoms with Crippen LogP contribution in [0.2, 0.25) is 0 Å². The summed E-state index contributed by atoms with van der Waals surface area (Å²) in [5, 5.41) is -0.325. The van der Waals surface area contributed by atoms with Gasteiger partial charge in [-0.05, 0) is 32.1 Å². The van der Waals surface area contributed by atoms with E-state index in [1.165, 1.54) is 0 Å². The summed E-state index contributed by atoms with van der Waals surface area (Å²) in [5.74, 6) is 0. The van der Waals surface area contributed by atoms with Gasteiger partial charge in [0.25, 0.3) is 0 Å². The van der Waals surface area contributed by atoms with Crippen LogP contribution in [0.15, 0.2) is 0 Å². The van der Waals surface area contributed by atoms with E-state index in [1.54, 1.807) is 4.90 Å². The Hall–Kier alpha value is -0.280. The predicted octanol–water partition coefficient (Wildman–Crippen LogP) is 0.981. The van der Waals surface area contributed by atoms with Crippen molar-refractivity contribution in [3.8, 4) is 0 Å². The lowest BCUT2D eigenvalue weighted by molar-refractivity contribution is 0.226. The number of likely N-dealkylation sites (tertiary alicyclic amines) is 1. The number of carbonyl (C=O) groups is 1. The third kappa shape index (κ3) is 2.07. The molecular weight excluding hydrogens is 164 g/mol. The van der Waals surface area contributed by atoms with E-state index in [1.807, 2.05) is 14.1 Å². The van der Waals surface area contributed by atoms with E-state index in [0.717, 1.165) is 19.5 Å². The summed E-state index contributed by atoms with van der Waals surface area (Å²) < 4.78 is 0. The fraction of sp³-hybridized carbons (Fsp3) is 0.857. The molecule has 0 bridgehead atoms. The number of amides is 1. The Morgan fingerprint density at radius 1 is 1.64 bits per heavy atom. The summed E-state index contributed by atoms with van der Waals surface area (Å²) in [6.45, 7) is 1.57. The van der Waals surface area contributed by atoms with E-state index < -0.39 is 0 Å². The molecule has 1 fully saturated rings. The molecule has 0 aromatic carbocycles. The Balaban J connectivity index is 2.41. The molecule has 1 aliphatic heterocycles. The zero-order valence-corrected chi connectivity index (χ0v) is 7.64. The lowest BCUT2D eigenvalue weighted by Gasteiger charge is -2.18. The average Bonchev–Trinajstić information content (AvgIpc) is 2.33. The molecule has 0 aliphatic carbocycles. The highest BCUT2D eigenvalue weighted by Gasteiger charge is 2.25. The van der Waals surface area contributed by atoms with Crippen LogP contribution in [0.5, 0.6) is 0 Å². The van der Waals surface area contributed by atoms with Crippen molar-refractivity contribution in [2.75, 3.05) is 27.2 Å². The van der Waals surface area contributed by atoms with Gasteiger partial charge in [-0.25, -0.2) is 0 Å². The normalized spacial score (nSPS) is 24.7. The summed E-state index contributed by atoms with van der Waals surface area (Å²) in [7, 11) is 4.04. The van der Waals surface area contributed by atoms with Gasteiger partial charge in [0.2, 0.25) is 0 Å². The van der Waals surface area contributed by atoms with Gasteiger partial charge in [-0.15, -0.1) is 0 Å². The van der Waals surface area contributed by atoms with Crippen LogP contribution >= 0.6 is 11.6 Å². The minimum atomic E-state index is -0.325. The van der Waals surface area contributed by atoms with Gasteiger partial charge in [0.05, 0.1) is 0 Å². The van der Waals surface area contributed by atoms with Crippen molar-refractivity contribution in [2.45, 2.75) is 12.5 Å². The molecule has 0 radical (unpaired) electrons. The Kier molecular flexibility index (Phi) is 2.73.